The Hall–Kier alpha value is -2.19. The van der Waals surface area contributed by atoms with E-state index in [1.165, 1.54) is 12.8 Å². The van der Waals surface area contributed by atoms with Crippen molar-refractivity contribution in [2.75, 3.05) is 13.1 Å². The minimum absolute atomic E-state index is 0.0254. The number of rotatable bonds is 6. The number of hydrogen-bond donors (Lipinski definition) is 1. The molecule has 2 aliphatic rings. The number of aryl methyl sites for hydroxylation is 1. The fourth-order valence-corrected chi connectivity index (χ4v) is 5.64. The highest BCUT2D eigenvalue weighted by atomic mass is 32.2. The monoisotopic (exact) mass is 402 g/mol. The lowest BCUT2D eigenvalue weighted by atomic mass is 10.1. The van der Waals surface area contributed by atoms with Crippen molar-refractivity contribution in [3.8, 4) is 5.69 Å². The molecule has 0 radical (unpaired) electrons. The lowest BCUT2D eigenvalue weighted by molar-refractivity contribution is -0.129. The average Bonchev–Trinajstić information content (AvgIpc) is 3.42. The summed E-state index contributed by atoms with van der Waals surface area (Å²) >= 11 is 0. The second-order valence-corrected chi connectivity index (χ2v) is 9.54. The molecular weight excluding hydrogens is 376 g/mol. The smallest absolute Gasteiger partial charge is 0.240 e. The third-order valence-corrected chi connectivity index (χ3v) is 7.36. The zero-order valence-electron chi connectivity index (χ0n) is 16.0. The summed E-state index contributed by atoms with van der Waals surface area (Å²) in [6.45, 7) is 2.71. The van der Waals surface area contributed by atoms with Crippen molar-refractivity contribution in [1.29, 1.82) is 0 Å². The molecule has 1 amide bonds. The molecule has 1 saturated carbocycles. The average molecular weight is 403 g/mol. The maximum atomic E-state index is 12.9. The largest absolute Gasteiger partial charge is 0.339 e. The minimum atomic E-state index is -3.67. The topological polar surface area (TPSA) is 84.3 Å². The van der Waals surface area contributed by atoms with Gasteiger partial charge >= 0.3 is 0 Å². The number of benzene rings is 1. The maximum absolute atomic E-state index is 12.9. The van der Waals surface area contributed by atoms with E-state index in [9.17, 15) is 13.2 Å². The summed E-state index contributed by atoms with van der Waals surface area (Å²) in [4.78, 5) is 14.6. The van der Waals surface area contributed by atoms with Crippen LogP contribution in [-0.4, -0.2) is 48.1 Å². The van der Waals surface area contributed by atoms with Crippen LogP contribution in [0.1, 0.15) is 37.7 Å². The van der Waals surface area contributed by atoms with Crippen molar-refractivity contribution in [2.24, 2.45) is 5.92 Å². The van der Waals surface area contributed by atoms with Gasteiger partial charge in [-0.1, -0.05) is 18.9 Å². The van der Waals surface area contributed by atoms with Gasteiger partial charge in [0.2, 0.25) is 15.9 Å². The number of hydrogen-bond acceptors (Lipinski definition) is 4. The van der Waals surface area contributed by atoms with E-state index in [1.54, 1.807) is 42.2 Å². The Morgan fingerprint density at radius 3 is 2.75 bits per heavy atom. The molecule has 2 fully saturated rings. The molecule has 0 bridgehead atoms. The zero-order chi connectivity index (χ0) is 19.7. The zero-order valence-corrected chi connectivity index (χ0v) is 16.9. The molecule has 0 spiro atoms. The van der Waals surface area contributed by atoms with Crippen LogP contribution in [0, 0.1) is 12.8 Å². The summed E-state index contributed by atoms with van der Waals surface area (Å²) in [6.07, 6.45) is 8.35. The van der Waals surface area contributed by atoms with Crippen LogP contribution in [0.2, 0.25) is 0 Å². The van der Waals surface area contributed by atoms with Crippen LogP contribution >= 0.6 is 0 Å². The molecule has 1 N–H and O–H groups in total. The molecule has 1 aromatic heterocycles. The van der Waals surface area contributed by atoms with Gasteiger partial charge in [-0.2, -0.15) is 5.10 Å². The second kappa shape index (κ2) is 7.67. The van der Waals surface area contributed by atoms with E-state index in [2.05, 4.69) is 9.82 Å². The Bertz CT molecular complexity index is 950. The maximum Gasteiger partial charge on any atom is 0.240 e. The van der Waals surface area contributed by atoms with E-state index < -0.39 is 10.0 Å². The Balaban J connectivity index is 1.45. The molecule has 4 rings (SSSR count). The quantitative estimate of drug-likeness (QED) is 0.803. The first-order chi connectivity index (χ1) is 13.4. The molecule has 8 heteroatoms. The number of aromatic nitrogens is 2. The summed E-state index contributed by atoms with van der Waals surface area (Å²) in [5, 5.41) is 4.16. The number of carbonyl (C=O) groups is 1. The van der Waals surface area contributed by atoms with Crippen molar-refractivity contribution >= 4 is 15.9 Å². The molecule has 2 heterocycles. The van der Waals surface area contributed by atoms with Gasteiger partial charge in [0.15, 0.2) is 0 Å². The van der Waals surface area contributed by atoms with E-state index in [-0.39, 0.29) is 23.3 Å². The van der Waals surface area contributed by atoms with Crippen LogP contribution < -0.4 is 4.72 Å². The van der Waals surface area contributed by atoms with E-state index in [0.29, 0.717) is 30.3 Å². The Labute approximate surface area is 165 Å². The molecule has 2 aromatic rings. The molecule has 1 aromatic carbocycles. The number of carbonyl (C=O) groups excluding carboxylic acids is 1. The van der Waals surface area contributed by atoms with Crippen molar-refractivity contribution in [1.82, 2.24) is 19.4 Å². The fourth-order valence-electron chi connectivity index (χ4n) is 4.26. The van der Waals surface area contributed by atoms with Gasteiger partial charge in [0.05, 0.1) is 10.6 Å². The number of nitrogens with zero attached hydrogens (tertiary/aromatic N) is 3. The van der Waals surface area contributed by atoms with Crippen molar-refractivity contribution in [3.05, 3.63) is 42.2 Å². The van der Waals surface area contributed by atoms with Gasteiger partial charge < -0.3 is 4.90 Å². The Morgan fingerprint density at radius 2 is 2.04 bits per heavy atom. The van der Waals surface area contributed by atoms with Gasteiger partial charge in [-0.25, -0.2) is 17.8 Å². The third kappa shape index (κ3) is 3.84. The van der Waals surface area contributed by atoms with Gasteiger partial charge in [-0.3, -0.25) is 4.79 Å². The SMILES string of the molecule is Cc1ccc(-n2cccn2)cc1S(=O)(=O)NCC1CC(=O)N(C2CCCC2)C1. The van der Waals surface area contributed by atoms with Crippen LogP contribution in [0.25, 0.3) is 5.69 Å². The minimum Gasteiger partial charge on any atom is -0.339 e. The summed E-state index contributed by atoms with van der Waals surface area (Å²) in [5.74, 6) is 0.186. The lowest BCUT2D eigenvalue weighted by Crippen LogP contribution is -2.36. The Kier molecular flexibility index (Phi) is 5.25. The van der Waals surface area contributed by atoms with Gasteiger partial charge in [0.25, 0.3) is 0 Å². The molecule has 150 valence electrons. The molecular formula is C20H26N4O3S. The van der Waals surface area contributed by atoms with Gasteiger partial charge in [-0.05, 0) is 49.4 Å². The van der Waals surface area contributed by atoms with Gasteiger partial charge in [0, 0.05) is 37.9 Å². The standard InChI is InChI=1S/C20H26N4O3S/c1-15-7-8-18(24-10-4-9-21-24)12-19(15)28(26,27)22-13-16-11-20(25)23(14-16)17-5-2-3-6-17/h4,7-10,12,16-17,22H,2-3,5-6,11,13-14H2,1H3. The summed E-state index contributed by atoms with van der Waals surface area (Å²) in [7, 11) is -3.67. The Morgan fingerprint density at radius 1 is 1.25 bits per heavy atom. The number of sulfonamides is 1. The second-order valence-electron chi connectivity index (χ2n) is 7.81. The van der Waals surface area contributed by atoms with Gasteiger partial charge in [-0.15, -0.1) is 0 Å². The summed E-state index contributed by atoms with van der Waals surface area (Å²) in [6, 6.07) is 7.40. The molecule has 1 unspecified atom stereocenters. The molecule has 7 nitrogen and oxygen atoms in total. The molecule has 28 heavy (non-hydrogen) atoms. The molecule has 1 atom stereocenters. The van der Waals surface area contributed by atoms with E-state index in [1.807, 2.05) is 11.0 Å². The highest BCUT2D eigenvalue weighted by molar-refractivity contribution is 7.89. The molecule has 1 aliphatic carbocycles. The van der Waals surface area contributed by atoms with Crippen LogP contribution in [-0.2, 0) is 14.8 Å². The van der Waals surface area contributed by atoms with Crippen molar-refractivity contribution < 1.29 is 13.2 Å². The summed E-state index contributed by atoms with van der Waals surface area (Å²) in [5.41, 5.74) is 1.37. The lowest BCUT2D eigenvalue weighted by Gasteiger charge is -2.24. The predicted molar refractivity (Wildman–Crippen MR) is 106 cm³/mol. The van der Waals surface area contributed by atoms with Crippen LogP contribution in [0.15, 0.2) is 41.6 Å². The third-order valence-electron chi connectivity index (χ3n) is 5.80. The first-order valence-corrected chi connectivity index (χ1v) is 11.3. The van der Waals surface area contributed by atoms with Crippen LogP contribution in [0.3, 0.4) is 0 Å². The first-order valence-electron chi connectivity index (χ1n) is 9.84. The number of nitrogens with one attached hydrogen (secondary N) is 1. The fraction of sp³-hybridized carbons (Fsp3) is 0.500. The van der Waals surface area contributed by atoms with Crippen LogP contribution in [0.5, 0.6) is 0 Å². The normalized spacial score (nSPS) is 21.0. The highest BCUT2D eigenvalue weighted by Gasteiger charge is 2.35. The van der Waals surface area contributed by atoms with E-state index in [4.69, 9.17) is 0 Å². The van der Waals surface area contributed by atoms with E-state index >= 15 is 0 Å². The van der Waals surface area contributed by atoms with Crippen molar-refractivity contribution in [3.63, 3.8) is 0 Å². The van der Waals surface area contributed by atoms with Gasteiger partial charge in [0.1, 0.15) is 0 Å². The van der Waals surface area contributed by atoms with Crippen molar-refractivity contribution in [2.45, 2.75) is 50.0 Å². The van der Waals surface area contributed by atoms with Crippen LogP contribution in [0.4, 0.5) is 0 Å². The predicted octanol–water partition coefficient (Wildman–Crippen LogP) is 2.25. The first kappa shape index (κ1) is 19.1. The number of likely N-dealkylation sites (tertiary alicyclic amines) is 1. The van der Waals surface area contributed by atoms with E-state index in [0.717, 1.165) is 12.8 Å². The highest BCUT2D eigenvalue weighted by Crippen LogP contribution is 2.29. The number of amides is 1. The molecule has 1 aliphatic heterocycles. The summed E-state index contributed by atoms with van der Waals surface area (Å²) < 4.78 is 30.2. The molecule has 1 saturated heterocycles.